The number of likely N-dealkylation sites (tertiary alicyclic amines) is 3. The second-order valence-corrected chi connectivity index (χ2v) is 11.8. The van der Waals surface area contributed by atoms with E-state index in [1.807, 2.05) is 14.7 Å². The molecule has 188 valence electrons. The quantitative estimate of drug-likeness (QED) is 0.712. The Labute approximate surface area is 200 Å². The summed E-state index contributed by atoms with van der Waals surface area (Å²) in [4.78, 5) is 23.4. The minimum absolute atomic E-state index is 0.0330. The molecule has 0 aromatic carbocycles. The van der Waals surface area contributed by atoms with Crippen LogP contribution in [0.2, 0.25) is 0 Å². The van der Waals surface area contributed by atoms with Crippen molar-refractivity contribution in [3.8, 4) is 0 Å². The van der Waals surface area contributed by atoms with Crippen molar-refractivity contribution < 1.29 is 18.0 Å². The van der Waals surface area contributed by atoms with Crippen molar-refractivity contribution in [3.63, 3.8) is 0 Å². The summed E-state index contributed by atoms with van der Waals surface area (Å²) in [6.07, 6.45) is 1.52. The van der Waals surface area contributed by atoms with Crippen LogP contribution in [-0.4, -0.2) is 85.0 Å². The number of hydrogen-bond acceptors (Lipinski definition) is 5. The van der Waals surface area contributed by atoms with Crippen LogP contribution < -0.4 is 0 Å². The van der Waals surface area contributed by atoms with E-state index in [-0.39, 0.29) is 29.0 Å². The number of nitrogens with one attached hydrogen (secondary N) is 1. The zero-order chi connectivity index (χ0) is 24.2. The zero-order valence-electron chi connectivity index (χ0n) is 19.7. The lowest BCUT2D eigenvalue weighted by atomic mass is 9.57. The molecule has 5 fully saturated rings. The van der Waals surface area contributed by atoms with Gasteiger partial charge < -0.3 is 9.80 Å². The molecule has 2 aromatic rings. The van der Waals surface area contributed by atoms with Gasteiger partial charge in [-0.1, -0.05) is 0 Å². The number of aromatic nitrogens is 5. The van der Waals surface area contributed by atoms with Crippen LogP contribution in [0.3, 0.4) is 0 Å². The Kier molecular flexibility index (Phi) is 4.32. The first-order valence-corrected chi connectivity index (χ1v) is 12.4. The maximum absolute atomic E-state index is 13.2. The predicted molar refractivity (Wildman–Crippen MR) is 117 cm³/mol. The average molecular weight is 491 g/mol. The minimum Gasteiger partial charge on any atom is -0.323 e. The van der Waals surface area contributed by atoms with Crippen molar-refractivity contribution in [1.29, 1.82) is 0 Å². The number of nitrogens with zero attached hydrogens (tertiary/aromatic N) is 7. The molecule has 3 saturated heterocycles. The summed E-state index contributed by atoms with van der Waals surface area (Å²) in [7, 11) is 1.51. The standard InChI is InChI=1S/C23H29F3N8O/c1-31-6-16(17(30-31)23(24,25)26)7-32-8-22(9-32)12-34(13-22)20(35)33-10-21(11-33)4-15(5-21)19-27-18(28-29-19)14-2-3-14/h6,14-15H,2-5,7-13H2,1H3,(H,27,28,29). The monoisotopic (exact) mass is 490 g/mol. The molecule has 2 aromatic heterocycles. The molecule has 35 heavy (non-hydrogen) atoms. The third-order valence-electron chi connectivity index (χ3n) is 8.54. The van der Waals surface area contributed by atoms with Crippen LogP contribution in [0, 0.1) is 10.8 Å². The Morgan fingerprint density at radius 3 is 2.34 bits per heavy atom. The summed E-state index contributed by atoms with van der Waals surface area (Å²) < 4.78 is 40.8. The SMILES string of the molecule is Cn1cc(CN2CC3(C2)CN(C(=O)N2CC4(CC(c5n[nH]c(C6CC6)n5)C4)C2)C3)c(C(F)(F)F)n1. The number of hydrogen-bond donors (Lipinski definition) is 1. The highest BCUT2D eigenvalue weighted by Crippen LogP contribution is 2.56. The first kappa shape index (κ1) is 21.6. The molecule has 1 N–H and O–H groups in total. The van der Waals surface area contributed by atoms with Crippen LogP contribution in [0.4, 0.5) is 18.0 Å². The molecule has 7 rings (SSSR count). The lowest BCUT2D eigenvalue weighted by Gasteiger charge is -2.63. The molecule has 0 radical (unpaired) electrons. The van der Waals surface area contributed by atoms with Crippen molar-refractivity contribution in [1.82, 2.24) is 39.7 Å². The van der Waals surface area contributed by atoms with E-state index in [1.54, 1.807) is 0 Å². The Morgan fingerprint density at radius 1 is 1.06 bits per heavy atom. The number of halogens is 3. The van der Waals surface area contributed by atoms with Gasteiger partial charge in [-0.3, -0.25) is 14.7 Å². The van der Waals surface area contributed by atoms with Crippen molar-refractivity contribution in [3.05, 3.63) is 29.1 Å². The topological polar surface area (TPSA) is 86.2 Å². The van der Waals surface area contributed by atoms with E-state index in [0.717, 1.165) is 37.6 Å². The molecule has 3 aliphatic heterocycles. The van der Waals surface area contributed by atoms with Crippen molar-refractivity contribution in [2.75, 3.05) is 39.3 Å². The smallest absolute Gasteiger partial charge is 0.323 e. The normalized spacial score (nSPS) is 25.4. The molecule has 0 unspecified atom stereocenters. The van der Waals surface area contributed by atoms with Gasteiger partial charge in [-0.05, 0) is 25.7 Å². The number of amides is 2. The van der Waals surface area contributed by atoms with Crippen LogP contribution in [0.25, 0.3) is 0 Å². The number of carbonyl (C=O) groups is 1. The fraction of sp³-hybridized carbons (Fsp3) is 0.739. The second-order valence-electron chi connectivity index (χ2n) is 11.8. The van der Waals surface area contributed by atoms with Crippen LogP contribution in [0.1, 0.15) is 60.4 Å². The molecule has 2 spiro atoms. The van der Waals surface area contributed by atoms with E-state index in [2.05, 4.69) is 20.3 Å². The van der Waals surface area contributed by atoms with Crippen molar-refractivity contribution in [2.24, 2.45) is 17.9 Å². The maximum Gasteiger partial charge on any atom is 0.435 e. The van der Waals surface area contributed by atoms with E-state index in [0.29, 0.717) is 38.0 Å². The van der Waals surface area contributed by atoms with Crippen LogP contribution in [0.5, 0.6) is 0 Å². The van der Waals surface area contributed by atoms with Gasteiger partial charge in [-0.15, -0.1) is 0 Å². The van der Waals surface area contributed by atoms with E-state index in [4.69, 9.17) is 0 Å². The molecule has 5 heterocycles. The maximum atomic E-state index is 13.2. The molecule has 9 nitrogen and oxygen atoms in total. The first-order chi connectivity index (χ1) is 16.6. The number of alkyl halides is 3. The molecular formula is C23H29F3N8O. The second kappa shape index (κ2) is 6.98. The summed E-state index contributed by atoms with van der Waals surface area (Å²) in [5.74, 6) is 2.96. The first-order valence-electron chi connectivity index (χ1n) is 12.4. The lowest BCUT2D eigenvalue weighted by molar-refractivity contribution is -0.143. The van der Waals surface area contributed by atoms with Crippen molar-refractivity contribution in [2.45, 2.75) is 50.2 Å². The van der Waals surface area contributed by atoms with Gasteiger partial charge in [0.15, 0.2) is 11.5 Å². The zero-order valence-corrected chi connectivity index (χ0v) is 19.7. The Morgan fingerprint density at radius 2 is 1.71 bits per heavy atom. The van der Waals surface area contributed by atoms with Gasteiger partial charge in [0.25, 0.3) is 0 Å². The molecule has 5 aliphatic rings. The van der Waals surface area contributed by atoms with Gasteiger partial charge in [0, 0.05) is 87.3 Å². The van der Waals surface area contributed by atoms with Crippen LogP contribution >= 0.6 is 0 Å². The average Bonchev–Trinajstić information content (AvgIpc) is 3.28. The summed E-state index contributed by atoms with van der Waals surface area (Å²) in [6.45, 7) is 4.66. The number of urea groups is 1. The third kappa shape index (κ3) is 3.54. The highest BCUT2D eigenvalue weighted by molar-refractivity contribution is 5.77. The van der Waals surface area contributed by atoms with Crippen molar-refractivity contribution >= 4 is 6.03 Å². The van der Waals surface area contributed by atoms with E-state index in [9.17, 15) is 18.0 Å². The van der Waals surface area contributed by atoms with E-state index < -0.39 is 11.9 Å². The third-order valence-corrected chi connectivity index (χ3v) is 8.54. The predicted octanol–water partition coefficient (Wildman–Crippen LogP) is 2.55. The Balaban J connectivity index is 0.862. The number of aromatic amines is 1. The molecule has 12 heteroatoms. The Hall–Kier alpha value is -2.63. The minimum atomic E-state index is -4.44. The fourth-order valence-corrected chi connectivity index (χ4v) is 6.78. The number of H-pyrrole nitrogens is 1. The molecule has 2 aliphatic carbocycles. The van der Waals surface area contributed by atoms with E-state index >= 15 is 0 Å². The van der Waals surface area contributed by atoms with Crippen LogP contribution in [-0.2, 0) is 19.8 Å². The summed E-state index contributed by atoms with van der Waals surface area (Å²) in [6, 6.07) is 0.101. The number of aryl methyl sites for hydroxylation is 1. The van der Waals surface area contributed by atoms with E-state index in [1.165, 1.54) is 30.8 Å². The van der Waals surface area contributed by atoms with Crippen LogP contribution in [0.15, 0.2) is 6.20 Å². The van der Waals surface area contributed by atoms with Gasteiger partial charge in [0.05, 0.1) is 0 Å². The highest BCUT2D eigenvalue weighted by atomic mass is 19.4. The van der Waals surface area contributed by atoms with Gasteiger partial charge >= 0.3 is 12.2 Å². The van der Waals surface area contributed by atoms with Gasteiger partial charge in [0.2, 0.25) is 0 Å². The van der Waals surface area contributed by atoms with Gasteiger partial charge in [0.1, 0.15) is 5.82 Å². The molecule has 2 saturated carbocycles. The van der Waals surface area contributed by atoms with Gasteiger partial charge in [-0.2, -0.15) is 23.4 Å². The highest BCUT2D eigenvalue weighted by Gasteiger charge is 2.58. The van der Waals surface area contributed by atoms with Gasteiger partial charge in [-0.25, -0.2) is 9.78 Å². The molecular weight excluding hydrogens is 461 g/mol. The molecule has 0 bridgehead atoms. The number of rotatable bonds is 4. The molecule has 0 atom stereocenters. The molecule has 2 amide bonds. The summed E-state index contributed by atoms with van der Waals surface area (Å²) >= 11 is 0. The Bertz CT molecular complexity index is 1160. The summed E-state index contributed by atoms with van der Waals surface area (Å²) in [5.41, 5.74) is -0.329. The number of carbonyl (C=O) groups excluding carboxylic acids is 1. The lowest BCUT2D eigenvalue weighted by Crippen LogP contribution is -2.75. The summed E-state index contributed by atoms with van der Waals surface area (Å²) in [5, 5.41) is 11.1. The largest absolute Gasteiger partial charge is 0.435 e. The fourth-order valence-electron chi connectivity index (χ4n) is 6.78.